The molecule has 0 saturated heterocycles. The van der Waals surface area contributed by atoms with Gasteiger partial charge in [0, 0.05) is 27.1 Å². The van der Waals surface area contributed by atoms with Crippen LogP contribution in [0.4, 0.5) is 0 Å². The molecule has 0 amide bonds. The molecule has 0 unspecified atom stereocenters. The molecule has 0 radical (unpaired) electrons. The van der Waals surface area contributed by atoms with Gasteiger partial charge in [-0.3, -0.25) is 9.59 Å². The number of hydrogen-bond donors (Lipinski definition) is 0. The number of Topliss-reactive ketones (excluding diaryl/α,β-unsaturated/α-hetero) is 2. The molecule has 4 nitrogen and oxygen atoms in total. The Bertz CT molecular complexity index is 282. The standard InChI is InChI=1S/C15H30O4Si/c1-6-9-12-20(18-4,19-5)15(13(16)10-7-2)14(17)11-8-3/h15H,6-12H2,1-5H3. The highest BCUT2D eigenvalue weighted by molar-refractivity contribution is 6.76. The van der Waals surface area contributed by atoms with E-state index in [1.807, 2.05) is 13.8 Å². The number of rotatable bonds is 12. The van der Waals surface area contributed by atoms with Gasteiger partial charge in [0.2, 0.25) is 0 Å². The van der Waals surface area contributed by atoms with Crippen LogP contribution >= 0.6 is 0 Å². The number of ketones is 2. The number of carbonyl (C=O) groups is 2. The first-order chi connectivity index (χ1) is 9.52. The third-order valence-corrected chi connectivity index (χ3v) is 7.60. The third-order valence-electron chi connectivity index (χ3n) is 3.65. The maximum absolute atomic E-state index is 12.4. The number of hydrogen-bond acceptors (Lipinski definition) is 4. The van der Waals surface area contributed by atoms with Crippen LogP contribution in [0.5, 0.6) is 0 Å². The topological polar surface area (TPSA) is 52.6 Å². The Kier molecular flexibility index (Phi) is 9.97. The van der Waals surface area contributed by atoms with Crippen molar-refractivity contribution in [1.29, 1.82) is 0 Å². The fraction of sp³-hybridized carbons (Fsp3) is 0.867. The summed E-state index contributed by atoms with van der Waals surface area (Å²) in [6, 6.07) is 0.700. The summed E-state index contributed by atoms with van der Waals surface area (Å²) in [7, 11) is 0.367. The molecule has 0 fully saturated rings. The largest absolute Gasteiger partial charge is 0.397 e. The Morgan fingerprint density at radius 3 is 1.65 bits per heavy atom. The van der Waals surface area contributed by atoms with E-state index in [-0.39, 0.29) is 11.6 Å². The average molecular weight is 302 g/mol. The second-order valence-electron chi connectivity index (χ2n) is 5.19. The molecule has 0 aliphatic rings. The lowest BCUT2D eigenvalue weighted by molar-refractivity contribution is -0.128. The smallest absolute Gasteiger partial charge is 0.356 e. The SMILES string of the molecule is CCCC[Si](OC)(OC)C(C(=O)CCC)C(=O)CCC. The molecule has 0 aromatic rings. The summed E-state index contributed by atoms with van der Waals surface area (Å²) in [6.45, 7) is 5.99. The van der Waals surface area contributed by atoms with Gasteiger partial charge in [-0.15, -0.1) is 0 Å². The number of unbranched alkanes of at least 4 members (excludes halogenated alkanes) is 1. The summed E-state index contributed by atoms with van der Waals surface area (Å²) in [5, 5.41) is 0. The van der Waals surface area contributed by atoms with Gasteiger partial charge in [-0.1, -0.05) is 33.6 Å². The minimum atomic E-state index is -2.79. The molecule has 0 aromatic carbocycles. The van der Waals surface area contributed by atoms with Gasteiger partial charge in [0.1, 0.15) is 17.1 Å². The van der Waals surface area contributed by atoms with E-state index in [4.69, 9.17) is 8.85 Å². The summed E-state index contributed by atoms with van der Waals surface area (Å²) >= 11 is 0. The van der Waals surface area contributed by atoms with Gasteiger partial charge in [-0.25, -0.2) is 0 Å². The van der Waals surface area contributed by atoms with Crippen molar-refractivity contribution in [3.05, 3.63) is 0 Å². The van der Waals surface area contributed by atoms with Crippen molar-refractivity contribution < 1.29 is 18.4 Å². The molecule has 0 bridgehead atoms. The van der Waals surface area contributed by atoms with E-state index in [0.717, 1.165) is 25.7 Å². The molecule has 118 valence electrons. The van der Waals surface area contributed by atoms with E-state index in [0.29, 0.717) is 18.9 Å². The maximum atomic E-state index is 12.4. The predicted molar refractivity (Wildman–Crippen MR) is 83.1 cm³/mol. The van der Waals surface area contributed by atoms with Crippen molar-refractivity contribution in [2.45, 2.75) is 70.9 Å². The van der Waals surface area contributed by atoms with Crippen LogP contribution in [0.15, 0.2) is 0 Å². The Morgan fingerprint density at radius 2 is 1.35 bits per heavy atom. The highest BCUT2D eigenvalue weighted by Crippen LogP contribution is 2.33. The lowest BCUT2D eigenvalue weighted by Crippen LogP contribution is -2.51. The monoisotopic (exact) mass is 302 g/mol. The molecule has 0 aliphatic heterocycles. The van der Waals surface area contributed by atoms with E-state index in [9.17, 15) is 9.59 Å². The normalized spacial score (nSPS) is 11.9. The molecule has 20 heavy (non-hydrogen) atoms. The quantitative estimate of drug-likeness (QED) is 0.408. The molecule has 5 heteroatoms. The van der Waals surface area contributed by atoms with Gasteiger partial charge in [0.05, 0.1) is 0 Å². The van der Waals surface area contributed by atoms with Gasteiger partial charge >= 0.3 is 8.56 Å². The average Bonchev–Trinajstić information content (AvgIpc) is 2.43. The molecule has 0 heterocycles. The molecule has 0 N–H and O–H groups in total. The summed E-state index contributed by atoms with van der Waals surface area (Å²) in [5.74, 6) is -0.00478. The first-order valence-corrected chi connectivity index (χ1v) is 9.78. The first-order valence-electron chi connectivity index (χ1n) is 7.68. The van der Waals surface area contributed by atoms with Crippen molar-refractivity contribution in [2.24, 2.45) is 0 Å². The Morgan fingerprint density at radius 1 is 0.900 bits per heavy atom. The van der Waals surface area contributed by atoms with Crippen LogP contribution in [0.3, 0.4) is 0 Å². The molecule has 0 atom stereocenters. The molecule has 0 aromatic heterocycles. The minimum absolute atomic E-state index is 0.00239. The van der Waals surface area contributed by atoms with Gasteiger partial charge < -0.3 is 8.85 Å². The van der Waals surface area contributed by atoms with E-state index in [2.05, 4.69) is 6.92 Å². The Hall–Kier alpha value is -0.523. The third kappa shape index (κ3) is 5.11. The van der Waals surface area contributed by atoms with Crippen molar-refractivity contribution in [3.8, 4) is 0 Å². The van der Waals surface area contributed by atoms with Crippen LogP contribution in [0, 0.1) is 0 Å². The first kappa shape index (κ1) is 19.5. The van der Waals surface area contributed by atoms with Gasteiger partial charge in [-0.2, -0.15) is 0 Å². The summed E-state index contributed by atoms with van der Waals surface area (Å²) in [4.78, 5) is 24.9. The van der Waals surface area contributed by atoms with E-state index in [1.54, 1.807) is 14.2 Å². The molecule has 0 spiro atoms. The fourth-order valence-corrected chi connectivity index (χ4v) is 5.99. The van der Waals surface area contributed by atoms with Crippen LogP contribution in [-0.4, -0.2) is 34.3 Å². The van der Waals surface area contributed by atoms with E-state index >= 15 is 0 Å². The van der Waals surface area contributed by atoms with Crippen LogP contribution < -0.4 is 0 Å². The molecule has 0 saturated carbocycles. The predicted octanol–water partition coefficient (Wildman–Crippen LogP) is 3.63. The van der Waals surface area contributed by atoms with Crippen molar-refractivity contribution in [1.82, 2.24) is 0 Å². The van der Waals surface area contributed by atoms with Crippen LogP contribution in [0.25, 0.3) is 0 Å². The fourth-order valence-electron chi connectivity index (χ4n) is 2.54. The minimum Gasteiger partial charge on any atom is -0.397 e. The molecule has 0 rings (SSSR count). The highest BCUT2D eigenvalue weighted by Gasteiger charge is 2.50. The lowest BCUT2D eigenvalue weighted by Gasteiger charge is -2.33. The van der Waals surface area contributed by atoms with Crippen molar-refractivity contribution >= 4 is 20.1 Å². The van der Waals surface area contributed by atoms with Gasteiger partial charge in [0.25, 0.3) is 0 Å². The van der Waals surface area contributed by atoms with E-state index in [1.165, 1.54) is 0 Å². The van der Waals surface area contributed by atoms with E-state index < -0.39 is 14.1 Å². The summed E-state index contributed by atoms with van der Waals surface area (Å²) in [5.41, 5.74) is -0.663. The zero-order valence-electron chi connectivity index (χ0n) is 13.7. The lowest BCUT2D eigenvalue weighted by atomic mass is 10.1. The molecule has 0 aliphatic carbocycles. The van der Waals surface area contributed by atoms with Crippen LogP contribution in [0.1, 0.15) is 59.3 Å². The van der Waals surface area contributed by atoms with Gasteiger partial charge in [-0.05, 0) is 18.9 Å². The Balaban J connectivity index is 5.38. The highest BCUT2D eigenvalue weighted by atomic mass is 28.4. The summed E-state index contributed by atoms with van der Waals surface area (Å²) in [6.07, 6.45) is 4.27. The number of carbonyl (C=O) groups excluding carboxylic acids is 2. The maximum Gasteiger partial charge on any atom is 0.356 e. The summed E-state index contributed by atoms with van der Waals surface area (Å²) < 4.78 is 11.3. The Labute approximate surface area is 124 Å². The second-order valence-corrected chi connectivity index (χ2v) is 8.71. The molecular formula is C15H30O4Si. The zero-order valence-corrected chi connectivity index (χ0v) is 14.7. The van der Waals surface area contributed by atoms with Crippen molar-refractivity contribution in [3.63, 3.8) is 0 Å². The molecular weight excluding hydrogens is 272 g/mol. The van der Waals surface area contributed by atoms with Gasteiger partial charge in [0.15, 0.2) is 0 Å². The van der Waals surface area contributed by atoms with Crippen LogP contribution in [-0.2, 0) is 18.4 Å². The van der Waals surface area contributed by atoms with Crippen LogP contribution in [0.2, 0.25) is 11.6 Å². The second kappa shape index (κ2) is 10.2. The zero-order chi connectivity index (χ0) is 15.6. The van der Waals surface area contributed by atoms with Crippen molar-refractivity contribution in [2.75, 3.05) is 14.2 Å².